The van der Waals surface area contributed by atoms with Crippen LogP contribution in [0.3, 0.4) is 0 Å². The molecule has 0 saturated heterocycles. The minimum atomic E-state index is -0.302. The Morgan fingerprint density at radius 3 is 1.73 bits per heavy atom. The van der Waals surface area contributed by atoms with Gasteiger partial charge in [0, 0.05) is 11.1 Å². The zero-order valence-electron chi connectivity index (χ0n) is 20.8. The topological polar surface area (TPSA) is 134 Å². The number of hydrogen-bond donors (Lipinski definition) is 0. The quantitative estimate of drug-likeness (QED) is 0.323. The standard InChI is InChI=1S/C14H8FN7.C13H9FN4/c15-10-3-1-9(2-4-10)11-5-17-13-12(21-11)14(19-7-18-13)22-8-16-6-20-22;1-8-12-13(17-7-16-8)15-6-11(18-12)9-2-4-10(14)5-3-9/h1-8H;2-7H,1H3. The van der Waals surface area contributed by atoms with Gasteiger partial charge in [0.25, 0.3) is 0 Å². The third-order valence-electron chi connectivity index (χ3n) is 5.77. The third kappa shape index (κ3) is 5.03. The molecule has 5 aromatic heterocycles. The molecule has 0 aliphatic rings. The molecule has 7 rings (SSSR count). The second-order valence-corrected chi connectivity index (χ2v) is 8.37. The molecule has 0 unspecified atom stereocenters. The van der Waals surface area contributed by atoms with Crippen LogP contribution in [0.5, 0.6) is 0 Å². The smallest absolute Gasteiger partial charge is 0.186 e. The van der Waals surface area contributed by atoms with Gasteiger partial charge in [-0.3, -0.25) is 0 Å². The van der Waals surface area contributed by atoms with Gasteiger partial charge >= 0.3 is 0 Å². The van der Waals surface area contributed by atoms with E-state index in [-0.39, 0.29) is 11.6 Å². The maximum absolute atomic E-state index is 13.0. The summed E-state index contributed by atoms with van der Waals surface area (Å²) in [7, 11) is 0. The Balaban J connectivity index is 0.000000148. The van der Waals surface area contributed by atoms with Crippen molar-refractivity contribution < 1.29 is 8.78 Å². The highest BCUT2D eigenvalue weighted by Crippen LogP contribution is 2.21. The first-order valence-electron chi connectivity index (χ1n) is 11.8. The van der Waals surface area contributed by atoms with Crippen molar-refractivity contribution in [3.05, 3.63) is 104 Å². The van der Waals surface area contributed by atoms with Gasteiger partial charge in [-0.15, -0.1) is 0 Å². The largest absolute Gasteiger partial charge is 0.241 e. The molecule has 0 fully saturated rings. The van der Waals surface area contributed by atoms with Crippen molar-refractivity contribution in [2.75, 3.05) is 0 Å². The molecule has 0 atom stereocenters. The molecule has 0 aliphatic heterocycles. The highest BCUT2D eigenvalue weighted by Gasteiger charge is 2.11. The second-order valence-electron chi connectivity index (χ2n) is 8.37. The van der Waals surface area contributed by atoms with Gasteiger partial charge in [-0.25, -0.2) is 58.3 Å². The van der Waals surface area contributed by atoms with Crippen LogP contribution in [0, 0.1) is 18.6 Å². The Kier molecular flexibility index (Phi) is 6.50. The van der Waals surface area contributed by atoms with E-state index < -0.39 is 0 Å². The summed E-state index contributed by atoms with van der Waals surface area (Å²) in [6, 6.07) is 12.2. The molecule has 0 bridgehead atoms. The van der Waals surface area contributed by atoms with E-state index in [9.17, 15) is 8.78 Å². The Morgan fingerprint density at radius 1 is 0.600 bits per heavy atom. The molecule has 0 aliphatic carbocycles. The van der Waals surface area contributed by atoms with Crippen LogP contribution in [0.15, 0.2) is 86.2 Å². The number of aryl methyl sites for hydroxylation is 1. The third-order valence-corrected chi connectivity index (χ3v) is 5.77. The average Bonchev–Trinajstić information content (AvgIpc) is 3.53. The molecule has 0 spiro atoms. The first kappa shape index (κ1) is 24.6. The highest BCUT2D eigenvalue weighted by atomic mass is 19.1. The molecule has 7 aromatic rings. The van der Waals surface area contributed by atoms with Crippen molar-refractivity contribution in [1.29, 1.82) is 0 Å². The van der Waals surface area contributed by atoms with Crippen LogP contribution in [0.2, 0.25) is 0 Å². The fourth-order valence-corrected chi connectivity index (χ4v) is 3.78. The minimum absolute atomic E-state index is 0.271. The van der Waals surface area contributed by atoms with Crippen LogP contribution >= 0.6 is 0 Å². The minimum Gasteiger partial charge on any atom is -0.241 e. The molecule has 11 nitrogen and oxygen atoms in total. The fraction of sp³-hybridized carbons (Fsp3) is 0.0370. The van der Waals surface area contributed by atoms with Crippen molar-refractivity contribution in [2.45, 2.75) is 6.92 Å². The Labute approximate surface area is 224 Å². The molecule has 5 heterocycles. The number of hydrogen-bond acceptors (Lipinski definition) is 10. The van der Waals surface area contributed by atoms with E-state index in [2.05, 4.69) is 50.0 Å². The van der Waals surface area contributed by atoms with Gasteiger partial charge < -0.3 is 0 Å². The predicted molar refractivity (Wildman–Crippen MR) is 141 cm³/mol. The van der Waals surface area contributed by atoms with Crippen LogP contribution in [-0.4, -0.2) is 54.6 Å². The van der Waals surface area contributed by atoms with Crippen molar-refractivity contribution >= 4 is 22.3 Å². The zero-order valence-corrected chi connectivity index (χ0v) is 20.8. The van der Waals surface area contributed by atoms with E-state index in [1.165, 1.54) is 54.3 Å². The molecule has 0 saturated carbocycles. The summed E-state index contributed by atoms with van der Waals surface area (Å²) in [5, 5.41) is 4.05. The number of aromatic nitrogens is 11. The first-order valence-corrected chi connectivity index (χ1v) is 11.8. The van der Waals surface area contributed by atoms with Crippen LogP contribution in [-0.2, 0) is 0 Å². The molecule has 0 amide bonds. The average molecular weight is 534 g/mol. The molecule has 2 aromatic carbocycles. The monoisotopic (exact) mass is 533 g/mol. The van der Waals surface area contributed by atoms with Crippen molar-refractivity contribution in [2.24, 2.45) is 0 Å². The Bertz CT molecular complexity index is 1930. The van der Waals surface area contributed by atoms with Crippen LogP contribution in [0.1, 0.15) is 5.69 Å². The number of nitrogens with zero attached hydrogens (tertiary/aromatic N) is 11. The van der Waals surface area contributed by atoms with Crippen molar-refractivity contribution in [1.82, 2.24) is 54.6 Å². The van der Waals surface area contributed by atoms with Gasteiger partial charge in [0.2, 0.25) is 0 Å². The fourth-order valence-electron chi connectivity index (χ4n) is 3.78. The number of benzene rings is 2. The van der Waals surface area contributed by atoms with E-state index in [1.54, 1.807) is 36.7 Å². The zero-order chi connectivity index (χ0) is 27.5. The van der Waals surface area contributed by atoms with Crippen LogP contribution in [0.4, 0.5) is 8.78 Å². The summed E-state index contributed by atoms with van der Waals surface area (Å²) in [5.41, 5.74) is 5.80. The van der Waals surface area contributed by atoms with Gasteiger partial charge in [-0.05, 0) is 55.5 Å². The molecule has 40 heavy (non-hydrogen) atoms. The summed E-state index contributed by atoms with van der Waals surface area (Å²) in [4.78, 5) is 37.8. The van der Waals surface area contributed by atoms with Gasteiger partial charge in [0.1, 0.15) is 42.5 Å². The molecular formula is C27H17F2N11. The Morgan fingerprint density at radius 2 is 1.15 bits per heavy atom. The maximum Gasteiger partial charge on any atom is 0.186 e. The molecule has 0 radical (unpaired) electrons. The molecule has 194 valence electrons. The molecule has 13 heteroatoms. The number of rotatable bonds is 3. The van der Waals surface area contributed by atoms with Gasteiger partial charge in [-0.2, -0.15) is 5.10 Å². The highest BCUT2D eigenvalue weighted by molar-refractivity contribution is 5.79. The summed E-state index contributed by atoms with van der Waals surface area (Å²) < 4.78 is 27.4. The van der Waals surface area contributed by atoms with Gasteiger partial charge in [-0.1, -0.05) is 0 Å². The van der Waals surface area contributed by atoms with Crippen LogP contribution < -0.4 is 0 Å². The summed E-state index contributed by atoms with van der Waals surface area (Å²) >= 11 is 0. The summed E-state index contributed by atoms with van der Waals surface area (Å²) in [5.74, 6) is -0.0879. The van der Waals surface area contributed by atoms with Gasteiger partial charge in [0.15, 0.2) is 22.6 Å². The summed E-state index contributed by atoms with van der Waals surface area (Å²) in [6.45, 7) is 1.85. The first-order chi connectivity index (χ1) is 19.5. The lowest BCUT2D eigenvalue weighted by molar-refractivity contribution is 0.627. The van der Waals surface area contributed by atoms with E-state index in [0.717, 1.165) is 16.8 Å². The lowest BCUT2D eigenvalue weighted by atomic mass is 10.1. The van der Waals surface area contributed by atoms with Crippen molar-refractivity contribution in [3.8, 4) is 28.3 Å². The normalized spacial score (nSPS) is 10.9. The SMILES string of the molecule is Cc1ncnc2ncc(-c3ccc(F)cc3)nc12.Fc1ccc(-c2cnc3ncnc(-n4cncn4)c3n2)cc1. The molecular weight excluding hydrogens is 516 g/mol. The van der Waals surface area contributed by atoms with E-state index in [4.69, 9.17) is 0 Å². The van der Waals surface area contributed by atoms with Gasteiger partial charge in [0.05, 0.1) is 29.5 Å². The lowest BCUT2D eigenvalue weighted by Gasteiger charge is -2.05. The molecule has 0 N–H and O–H groups in total. The predicted octanol–water partition coefficient (Wildman–Crippen LogP) is 4.34. The lowest BCUT2D eigenvalue weighted by Crippen LogP contribution is -2.03. The Hall–Kier alpha value is -5.72. The second kappa shape index (κ2) is 10.6. The number of halogens is 2. The van der Waals surface area contributed by atoms with Crippen LogP contribution in [0.25, 0.3) is 50.7 Å². The van der Waals surface area contributed by atoms with E-state index >= 15 is 0 Å². The summed E-state index contributed by atoms with van der Waals surface area (Å²) in [6.07, 6.45) is 9.00. The maximum atomic E-state index is 13.0. The van der Waals surface area contributed by atoms with E-state index in [1.807, 2.05) is 6.92 Å². The number of fused-ring (bicyclic) bond motifs is 2. The van der Waals surface area contributed by atoms with Crippen molar-refractivity contribution in [3.63, 3.8) is 0 Å². The van der Waals surface area contributed by atoms with E-state index in [0.29, 0.717) is 39.5 Å².